The van der Waals surface area contributed by atoms with Crippen LogP contribution < -0.4 is 5.73 Å². The lowest BCUT2D eigenvalue weighted by molar-refractivity contribution is 0.304. The van der Waals surface area contributed by atoms with Gasteiger partial charge in [0.15, 0.2) is 0 Å². The lowest BCUT2D eigenvalue weighted by atomic mass is 9.92. The van der Waals surface area contributed by atoms with E-state index in [1.165, 1.54) is 12.8 Å². The summed E-state index contributed by atoms with van der Waals surface area (Å²) >= 11 is 0. The van der Waals surface area contributed by atoms with Crippen molar-refractivity contribution in [2.24, 2.45) is 17.1 Å². The Labute approximate surface area is 120 Å². The quantitative estimate of drug-likeness (QED) is 0.904. The number of hydrogen-bond acceptors (Lipinski definition) is 2. The highest BCUT2D eigenvalue weighted by molar-refractivity contribution is 5.26. The lowest BCUT2D eigenvalue weighted by Crippen LogP contribution is -2.22. The molecule has 1 saturated carbocycles. The van der Waals surface area contributed by atoms with Gasteiger partial charge in [-0.15, -0.1) is 0 Å². The first kappa shape index (κ1) is 13.4. The van der Waals surface area contributed by atoms with Gasteiger partial charge in [0.1, 0.15) is 0 Å². The first-order valence-electron chi connectivity index (χ1n) is 7.43. The standard InChI is InChI=1S/C17H23N3/c1-13(2)17(8-9-17)11-20-12-19-10-15(20)16(18)14-6-4-3-5-7-14/h3-7,10,12-13,16H,8-9,11,18H2,1-2H3. The van der Waals surface area contributed by atoms with Gasteiger partial charge in [0.2, 0.25) is 0 Å². The summed E-state index contributed by atoms with van der Waals surface area (Å²) in [6.07, 6.45) is 6.49. The number of nitrogens with zero attached hydrogens (tertiary/aromatic N) is 2. The summed E-state index contributed by atoms with van der Waals surface area (Å²) in [5.41, 5.74) is 9.14. The lowest BCUT2D eigenvalue weighted by Gasteiger charge is -2.23. The average Bonchev–Trinajstić information content (AvgIpc) is 3.10. The normalized spacial score (nSPS) is 18.2. The molecular formula is C17H23N3. The molecule has 0 radical (unpaired) electrons. The van der Waals surface area contributed by atoms with Gasteiger partial charge in [-0.25, -0.2) is 4.98 Å². The van der Waals surface area contributed by atoms with Crippen molar-refractivity contribution in [1.29, 1.82) is 0 Å². The van der Waals surface area contributed by atoms with E-state index in [1.807, 2.05) is 30.7 Å². The second kappa shape index (κ2) is 5.06. The minimum atomic E-state index is -0.0957. The zero-order chi connectivity index (χ0) is 14.2. The molecule has 106 valence electrons. The van der Waals surface area contributed by atoms with E-state index in [-0.39, 0.29) is 6.04 Å². The van der Waals surface area contributed by atoms with E-state index in [0.717, 1.165) is 17.8 Å². The SMILES string of the molecule is CC(C)C1(Cn2cncc2C(N)c2ccccc2)CC1. The van der Waals surface area contributed by atoms with Crippen molar-refractivity contribution in [3.05, 3.63) is 54.1 Å². The van der Waals surface area contributed by atoms with Gasteiger partial charge >= 0.3 is 0 Å². The molecule has 0 aliphatic heterocycles. The Morgan fingerprint density at radius 2 is 1.95 bits per heavy atom. The van der Waals surface area contributed by atoms with Crippen LogP contribution in [-0.2, 0) is 6.54 Å². The largest absolute Gasteiger partial charge is 0.332 e. The number of aromatic nitrogens is 2. The Bertz CT molecular complexity index is 567. The van der Waals surface area contributed by atoms with Crippen LogP contribution in [0.15, 0.2) is 42.9 Å². The maximum absolute atomic E-state index is 6.42. The monoisotopic (exact) mass is 269 g/mol. The molecule has 3 nitrogen and oxygen atoms in total. The van der Waals surface area contributed by atoms with Crippen molar-refractivity contribution in [3.8, 4) is 0 Å². The first-order valence-corrected chi connectivity index (χ1v) is 7.43. The molecule has 3 heteroatoms. The first-order chi connectivity index (χ1) is 9.62. The maximum Gasteiger partial charge on any atom is 0.0948 e. The van der Waals surface area contributed by atoms with Crippen LogP contribution in [-0.4, -0.2) is 9.55 Å². The second-order valence-electron chi connectivity index (χ2n) is 6.35. The van der Waals surface area contributed by atoms with Crippen LogP contribution in [0.25, 0.3) is 0 Å². The van der Waals surface area contributed by atoms with E-state index >= 15 is 0 Å². The molecule has 20 heavy (non-hydrogen) atoms. The molecule has 0 saturated heterocycles. The molecule has 0 bridgehead atoms. The summed E-state index contributed by atoms with van der Waals surface area (Å²) in [6, 6.07) is 10.2. The fourth-order valence-corrected chi connectivity index (χ4v) is 2.97. The van der Waals surface area contributed by atoms with Crippen LogP contribution >= 0.6 is 0 Å². The Hall–Kier alpha value is -1.61. The maximum atomic E-state index is 6.42. The predicted molar refractivity (Wildman–Crippen MR) is 81.2 cm³/mol. The third-order valence-electron chi connectivity index (χ3n) is 4.82. The summed E-state index contributed by atoms with van der Waals surface area (Å²) in [6.45, 7) is 5.68. The summed E-state index contributed by atoms with van der Waals surface area (Å²) in [5, 5.41) is 0. The number of hydrogen-bond donors (Lipinski definition) is 1. The molecule has 1 heterocycles. The van der Waals surface area contributed by atoms with E-state index in [4.69, 9.17) is 5.73 Å². The summed E-state index contributed by atoms with van der Waals surface area (Å²) in [7, 11) is 0. The smallest absolute Gasteiger partial charge is 0.0948 e. The van der Waals surface area contributed by atoms with Gasteiger partial charge in [-0.1, -0.05) is 44.2 Å². The predicted octanol–water partition coefficient (Wildman–Crippen LogP) is 3.37. The zero-order valence-corrected chi connectivity index (χ0v) is 12.3. The molecule has 1 aromatic heterocycles. The zero-order valence-electron chi connectivity index (χ0n) is 12.3. The highest BCUT2D eigenvalue weighted by Crippen LogP contribution is 2.53. The van der Waals surface area contributed by atoms with Crippen molar-refractivity contribution < 1.29 is 0 Å². The van der Waals surface area contributed by atoms with Crippen molar-refractivity contribution >= 4 is 0 Å². The molecule has 0 spiro atoms. The summed E-state index contributed by atoms with van der Waals surface area (Å²) < 4.78 is 2.25. The molecule has 0 amide bonds. The van der Waals surface area contributed by atoms with Crippen LogP contribution in [0, 0.1) is 11.3 Å². The molecule has 2 N–H and O–H groups in total. The molecule has 1 aliphatic rings. The molecule has 1 fully saturated rings. The third-order valence-corrected chi connectivity index (χ3v) is 4.82. The van der Waals surface area contributed by atoms with E-state index in [0.29, 0.717) is 11.3 Å². The van der Waals surface area contributed by atoms with Crippen LogP contribution in [0.1, 0.15) is 44.0 Å². The molecule has 1 aromatic carbocycles. The van der Waals surface area contributed by atoms with Gasteiger partial charge in [0, 0.05) is 6.54 Å². The summed E-state index contributed by atoms with van der Waals surface area (Å²) in [5.74, 6) is 0.714. The van der Waals surface area contributed by atoms with Crippen molar-refractivity contribution in [1.82, 2.24) is 9.55 Å². The minimum Gasteiger partial charge on any atom is -0.332 e. The summed E-state index contributed by atoms with van der Waals surface area (Å²) in [4.78, 5) is 4.32. The van der Waals surface area contributed by atoms with Crippen molar-refractivity contribution in [2.75, 3.05) is 0 Å². The number of nitrogens with two attached hydrogens (primary N) is 1. The number of imidazole rings is 1. The Kier molecular flexibility index (Phi) is 3.38. The fourth-order valence-electron chi connectivity index (χ4n) is 2.97. The third kappa shape index (κ3) is 2.38. The minimum absolute atomic E-state index is 0.0957. The van der Waals surface area contributed by atoms with Gasteiger partial charge < -0.3 is 10.3 Å². The Balaban J connectivity index is 1.84. The van der Waals surface area contributed by atoms with E-state index in [9.17, 15) is 0 Å². The van der Waals surface area contributed by atoms with Gasteiger partial charge in [-0.05, 0) is 29.7 Å². The highest BCUT2D eigenvalue weighted by atomic mass is 15.1. The molecule has 3 rings (SSSR count). The van der Waals surface area contributed by atoms with Crippen LogP contribution in [0.2, 0.25) is 0 Å². The van der Waals surface area contributed by atoms with Crippen LogP contribution in [0.4, 0.5) is 0 Å². The van der Waals surface area contributed by atoms with Crippen molar-refractivity contribution in [3.63, 3.8) is 0 Å². The molecule has 1 unspecified atom stereocenters. The topological polar surface area (TPSA) is 43.8 Å². The van der Waals surface area contributed by atoms with E-state index < -0.39 is 0 Å². The molecule has 2 aromatic rings. The molecule has 1 aliphatic carbocycles. The molecule has 1 atom stereocenters. The van der Waals surface area contributed by atoms with Gasteiger partial charge in [-0.3, -0.25) is 0 Å². The second-order valence-corrected chi connectivity index (χ2v) is 6.35. The van der Waals surface area contributed by atoms with Gasteiger partial charge in [-0.2, -0.15) is 0 Å². The highest BCUT2D eigenvalue weighted by Gasteiger charge is 2.45. The van der Waals surface area contributed by atoms with Crippen molar-refractivity contribution in [2.45, 2.75) is 39.3 Å². The van der Waals surface area contributed by atoms with Crippen LogP contribution in [0.3, 0.4) is 0 Å². The van der Waals surface area contributed by atoms with Gasteiger partial charge in [0.25, 0.3) is 0 Å². The Morgan fingerprint density at radius 3 is 2.55 bits per heavy atom. The number of rotatable bonds is 5. The molecular weight excluding hydrogens is 246 g/mol. The van der Waals surface area contributed by atoms with E-state index in [2.05, 4.69) is 35.5 Å². The number of benzene rings is 1. The van der Waals surface area contributed by atoms with Crippen LogP contribution in [0.5, 0.6) is 0 Å². The average molecular weight is 269 g/mol. The van der Waals surface area contributed by atoms with E-state index in [1.54, 1.807) is 0 Å². The fraction of sp³-hybridized carbons (Fsp3) is 0.471. The Morgan fingerprint density at radius 1 is 1.25 bits per heavy atom. The van der Waals surface area contributed by atoms with Gasteiger partial charge in [0.05, 0.1) is 24.3 Å².